The maximum atomic E-state index is 13.3. The molecule has 1 aliphatic heterocycles. The molecule has 0 saturated carbocycles. The Bertz CT molecular complexity index is 1120. The molecular formula is C24H18BrClN2O2. The molecule has 0 atom stereocenters. The second kappa shape index (κ2) is 8.86. The summed E-state index contributed by atoms with van der Waals surface area (Å²) >= 11 is 9.48. The van der Waals surface area contributed by atoms with Crippen molar-refractivity contribution in [2.75, 3.05) is 11.5 Å². The monoisotopic (exact) mass is 480 g/mol. The molecule has 0 fully saturated rings. The Morgan fingerprint density at radius 3 is 2.30 bits per heavy atom. The van der Waals surface area contributed by atoms with Gasteiger partial charge in [0.25, 0.3) is 5.91 Å². The number of rotatable bonds is 5. The van der Waals surface area contributed by atoms with E-state index >= 15 is 0 Å². The summed E-state index contributed by atoms with van der Waals surface area (Å²) in [7, 11) is 0. The van der Waals surface area contributed by atoms with Crippen molar-refractivity contribution in [1.82, 2.24) is 0 Å². The van der Waals surface area contributed by atoms with E-state index in [0.717, 1.165) is 27.0 Å². The fourth-order valence-electron chi connectivity index (χ4n) is 3.12. The van der Waals surface area contributed by atoms with Crippen LogP contribution in [0.4, 0.5) is 5.69 Å². The summed E-state index contributed by atoms with van der Waals surface area (Å²) in [6.07, 6.45) is 1.79. The molecule has 0 spiro atoms. The van der Waals surface area contributed by atoms with E-state index in [4.69, 9.17) is 16.3 Å². The minimum Gasteiger partial charge on any atom is -0.494 e. The third-order valence-corrected chi connectivity index (χ3v) is 5.32. The number of hydrogen-bond donors (Lipinski definition) is 0. The maximum Gasteiger partial charge on any atom is 0.282 e. The van der Waals surface area contributed by atoms with Crippen LogP contribution in [-0.2, 0) is 4.79 Å². The number of hydrogen-bond acceptors (Lipinski definition) is 3. The highest BCUT2D eigenvalue weighted by molar-refractivity contribution is 9.10. The van der Waals surface area contributed by atoms with Gasteiger partial charge in [0.05, 0.1) is 12.3 Å². The molecule has 0 aliphatic carbocycles. The molecule has 4 nitrogen and oxygen atoms in total. The third kappa shape index (κ3) is 4.32. The summed E-state index contributed by atoms with van der Waals surface area (Å²) in [5.41, 5.74) is 2.79. The Balaban J connectivity index is 1.76. The van der Waals surface area contributed by atoms with Gasteiger partial charge in [-0.25, -0.2) is 4.99 Å². The minimum absolute atomic E-state index is 0.188. The highest BCUT2D eigenvalue weighted by Gasteiger charge is 2.32. The number of carbonyl (C=O) groups excluding carboxylic acids is 1. The molecule has 0 saturated heterocycles. The van der Waals surface area contributed by atoms with Crippen LogP contribution in [-0.4, -0.2) is 18.3 Å². The first-order chi connectivity index (χ1) is 14.5. The largest absolute Gasteiger partial charge is 0.494 e. The average molecular weight is 482 g/mol. The zero-order valence-corrected chi connectivity index (χ0v) is 18.5. The summed E-state index contributed by atoms with van der Waals surface area (Å²) in [5, 5.41) is 0.627. The lowest BCUT2D eigenvalue weighted by molar-refractivity contribution is -0.113. The fourth-order valence-corrected chi connectivity index (χ4v) is 3.51. The number of ether oxygens (including phenoxy) is 1. The van der Waals surface area contributed by atoms with Gasteiger partial charge in [0.1, 0.15) is 17.3 Å². The van der Waals surface area contributed by atoms with Crippen LogP contribution < -0.4 is 9.64 Å². The Kier molecular flexibility index (Phi) is 6.02. The van der Waals surface area contributed by atoms with Crippen molar-refractivity contribution in [2.24, 2.45) is 4.99 Å². The van der Waals surface area contributed by atoms with E-state index in [0.29, 0.717) is 23.2 Å². The van der Waals surface area contributed by atoms with Gasteiger partial charge in [0.15, 0.2) is 0 Å². The number of nitrogens with zero attached hydrogens (tertiary/aromatic N) is 2. The lowest BCUT2D eigenvalue weighted by atomic mass is 10.1. The van der Waals surface area contributed by atoms with Crippen LogP contribution in [0.3, 0.4) is 0 Å². The molecule has 30 heavy (non-hydrogen) atoms. The van der Waals surface area contributed by atoms with Gasteiger partial charge in [-0.1, -0.05) is 39.7 Å². The van der Waals surface area contributed by atoms with E-state index in [1.165, 1.54) is 0 Å². The summed E-state index contributed by atoms with van der Waals surface area (Å²) in [6.45, 7) is 2.52. The lowest BCUT2D eigenvalue weighted by Crippen LogP contribution is -2.32. The van der Waals surface area contributed by atoms with E-state index in [1.807, 2.05) is 67.6 Å². The van der Waals surface area contributed by atoms with Crippen LogP contribution in [0.2, 0.25) is 5.02 Å². The zero-order valence-electron chi connectivity index (χ0n) is 16.2. The van der Waals surface area contributed by atoms with Crippen LogP contribution in [0.1, 0.15) is 18.1 Å². The number of aliphatic imine (C=N–C) groups is 1. The Hall–Kier alpha value is -2.89. The van der Waals surface area contributed by atoms with Crippen molar-refractivity contribution in [3.8, 4) is 5.75 Å². The summed E-state index contributed by atoms with van der Waals surface area (Å²) < 4.78 is 6.50. The molecule has 150 valence electrons. The molecule has 3 aromatic carbocycles. The topological polar surface area (TPSA) is 41.9 Å². The van der Waals surface area contributed by atoms with Crippen molar-refractivity contribution < 1.29 is 9.53 Å². The summed E-state index contributed by atoms with van der Waals surface area (Å²) in [6, 6.07) is 22.4. The van der Waals surface area contributed by atoms with E-state index in [1.54, 1.807) is 23.1 Å². The third-order valence-electron chi connectivity index (χ3n) is 4.54. The molecule has 4 rings (SSSR count). The first-order valence-corrected chi connectivity index (χ1v) is 10.6. The van der Waals surface area contributed by atoms with Gasteiger partial charge in [-0.3, -0.25) is 9.69 Å². The van der Waals surface area contributed by atoms with Gasteiger partial charge in [0.2, 0.25) is 0 Å². The van der Waals surface area contributed by atoms with Crippen LogP contribution in [0.5, 0.6) is 5.75 Å². The van der Waals surface area contributed by atoms with E-state index in [2.05, 4.69) is 20.9 Å². The molecule has 0 radical (unpaired) electrons. The van der Waals surface area contributed by atoms with Crippen LogP contribution in [0.15, 0.2) is 88.0 Å². The van der Waals surface area contributed by atoms with Crippen LogP contribution >= 0.6 is 27.5 Å². The first-order valence-electron chi connectivity index (χ1n) is 9.44. The molecule has 0 aromatic heterocycles. The second-order valence-corrected chi connectivity index (χ2v) is 7.94. The normalized spacial score (nSPS) is 14.9. The van der Waals surface area contributed by atoms with Gasteiger partial charge < -0.3 is 4.74 Å². The van der Waals surface area contributed by atoms with Crippen molar-refractivity contribution >= 4 is 51.0 Å². The smallest absolute Gasteiger partial charge is 0.282 e. The predicted molar refractivity (Wildman–Crippen MR) is 125 cm³/mol. The van der Waals surface area contributed by atoms with Crippen molar-refractivity contribution in [3.63, 3.8) is 0 Å². The quantitative estimate of drug-likeness (QED) is 0.399. The number of halogens is 2. The second-order valence-electron chi connectivity index (χ2n) is 6.59. The van der Waals surface area contributed by atoms with Crippen LogP contribution in [0, 0.1) is 0 Å². The molecule has 0 bridgehead atoms. The predicted octanol–water partition coefficient (Wildman–Crippen LogP) is 6.34. The van der Waals surface area contributed by atoms with Gasteiger partial charge in [-0.05, 0) is 79.2 Å². The number of carbonyl (C=O) groups is 1. The van der Waals surface area contributed by atoms with Crippen molar-refractivity contribution in [3.05, 3.63) is 99.1 Å². The number of anilines is 1. The molecule has 6 heteroatoms. The van der Waals surface area contributed by atoms with E-state index in [9.17, 15) is 4.79 Å². The molecule has 3 aromatic rings. The van der Waals surface area contributed by atoms with Gasteiger partial charge >= 0.3 is 0 Å². The minimum atomic E-state index is -0.188. The van der Waals surface area contributed by atoms with Gasteiger partial charge in [0, 0.05) is 15.1 Å². The zero-order chi connectivity index (χ0) is 21.1. The standard InChI is InChI=1S/C24H18BrClN2O2/c1-2-30-21-13-11-20(12-14-21)28-23(17-5-9-19(26)10-6-17)27-22(24(28)29)15-16-3-7-18(25)8-4-16/h3-15H,2H2,1H3/b22-15+. The molecule has 0 N–H and O–H groups in total. The molecule has 1 aliphatic rings. The fraction of sp³-hybridized carbons (Fsp3) is 0.0833. The SMILES string of the molecule is CCOc1ccc(N2C(=O)/C(=C\c3ccc(Br)cc3)N=C2c2ccc(Cl)cc2)cc1. The highest BCUT2D eigenvalue weighted by Crippen LogP contribution is 2.30. The number of amidine groups is 1. The highest BCUT2D eigenvalue weighted by atomic mass is 79.9. The van der Waals surface area contributed by atoms with Crippen LogP contribution in [0.25, 0.3) is 6.08 Å². The number of amides is 1. The molecular weight excluding hydrogens is 464 g/mol. The van der Waals surface area contributed by atoms with E-state index < -0.39 is 0 Å². The summed E-state index contributed by atoms with van der Waals surface area (Å²) in [5.74, 6) is 1.12. The van der Waals surface area contributed by atoms with E-state index in [-0.39, 0.29) is 5.91 Å². The Labute approximate surface area is 188 Å². The average Bonchev–Trinajstić information content (AvgIpc) is 3.07. The van der Waals surface area contributed by atoms with Crippen molar-refractivity contribution in [2.45, 2.75) is 6.92 Å². The Morgan fingerprint density at radius 1 is 1.00 bits per heavy atom. The number of benzene rings is 3. The van der Waals surface area contributed by atoms with Crippen molar-refractivity contribution in [1.29, 1.82) is 0 Å². The summed E-state index contributed by atoms with van der Waals surface area (Å²) in [4.78, 5) is 19.6. The Morgan fingerprint density at radius 2 is 1.67 bits per heavy atom. The molecule has 0 unspecified atom stereocenters. The molecule has 1 heterocycles. The lowest BCUT2D eigenvalue weighted by Gasteiger charge is -2.19. The van der Waals surface area contributed by atoms with Gasteiger partial charge in [-0.2, -0.15) is 0 Å². The van der Waals surface area contributed by atoms with Gasteiger partial charge in [-0.15, -0.1) is 0 Å². The molecule has 1 amide bonds. The first kappa shape index (κ1) is 20.4. The maximum absolute atomic E-state index is 13.3.